The Balaban J connectivity index is 1.65. The number of thiocarbonyl (C=S) groups is 1. The minimum atomic E-state index is -0.0408. The first-order valence-corrected chi connectivity index (χ1v) is 9.50. The summed E-state index contributed by atoms with van der Waals surface area (Å²) in [5.41, 5.74) is 7.39. The molecule has 5 heteroatoms. The van der Waals surface area contributed by atoms with Crippen LogP contribution < -0.4 is 16.2 Å². The van der Waals surface area contributed by atoms with Crippen LogP contribution in [0.15, 0.2) is 41.2 Å². The zero-order valence-electron chi connectivity index (χ0n) is 16.2. The van der Waals surface area contributed by atoms with E-state index in [-0.39, 0.29) is 5.56 Å². The van der Waals surface area contributed by atoms with Crippen LogP contribution in [0.1, 0.15) is 27.8 Å². The van der Waals surface area contributed by atoms with E-state index in [9.17, 15) is 4.79 Å². The van der Waals surface area contributed by atoms with Gasteiger partial charge in [-0.25, -0.2) is 0 Å². The molecule has 140 valence electrons. The molecule has 0 fully saturated rings. The molecule has 0 saturated carbocycles. The number of fused-ring (bicyclic) bond motifs is 1. The second-order valence-corrected chi connectivity index (χ2v) is 7.43. The molecule has 0 bridgehead atoms. The first-order valence-electron chi connectivity index (χ1n) is 9.09. The van der Waals surface area contributed by atoms with Crippen LogP contribution in [0.25, 0.3) is 10.9 Å². The first-order chi connectivity index (χ1) is 12.8. The molecule has 3 aromatic rings. The molecule has 4 nitrogen and oxygen atoms in total. The van der Waals surface area contributed by atoms with Gasteiger partial charge in [-0.05, 0) is 98.2 Å². The molecule has 0 amide bonds. The highest BCUT2D eigenvalue weighted by atomic mass is 32.1. The van der Waals surface area contributed by atoms with Crippen molar-refractivity contribution >= 4 is 33.9 Å². The molecule has 3 rings (SSSR count). The van der Waals surface area contributed by atoms with Gasteiger partial charge in [-0.1, -0.05) is 12.1 Å². The molecule has 27 heavy (non-hydrogen) atoms. The quantitative estimate of drug-likeness (QED) is 0.592. The van der Waals surface area contributed by atoms with E-state index in [0.717, 1.165) is 22.2 Å². The fraction of sp³-hybridized carbons (Fsp3) is 0.273. The number of aromatic amines is 1. The van der Waals surface area contributed by atoms with Crippen molar-refractivity contribution in [2.75, 3.05) is 11.9 Å². The summed E-state index contributed by atoms with van der Waals surface area (Å²) in [6.45, 7) is 8.87. The summed E-state index contributed by atoms with van der Waals surface area (Å²) >= 11 is 5.39. The molecule has 1 aromatic heterocycles. The van der Waals surface area contributed by atoms with Gasteiger partial charge in [-0.15, -0.1) is 0 Å². The maximum atomic E-state index is 12.3. The molecule has 0 aliphatic rings. The second kappa shape index (κ2) is 7.92. The largest absolute Gasteiger partial charge is 0.362 e. The third-order valence-corrected chi connectivity index (χ3v) is 5.31. The number of anilines is 1. The Bertz CT molecular complexity index is 1070. The van der Waals surface area contributed by atoms with Crippen LogP contribution in [0.4, 0.5) is 5.69 Å². The van der Waals surface area contributed by atoms with Crippen LogP contribution in [-0.2, 0) is 6.42 Å². The predicted octanol–water partition coefficient (Wildman–Crippen LogP) is 4.29. The SMILES string of the molecule is Cc1cc2cc(CCNC(=S)Nc3cccc(C)c3C)c(=O)[nH]c2cc1C. The Labute approximate surface area is 165 Å². The van der Waals surface area contributed by atoms with Crippen LogP contribution in [0.2, 0.25) is 0 Å². The average molecular weight is 380 g/mol. The van der Waals surface area contributed by atoms with Crippen molar-refractivity contribution < 1.29 is 0 Å². The normalized spacial score (nSPS) is 10.8. The standard InChI is InChI=1S/C22H25N3OS/c1-13-6-5-7-19(16(13)4)25-22(27)23-9-8-17-12-18-10-14(2)15(3)11-20(18)24-21(17)26/h5-7,10-12H,8-9H2,1-4H3,(H,24,26)(H2,23,25,27). The van der Waals surface area contributed by atoms with Crippen LogP contribution in [0.3, 0.4) is 0 Å². The van der Waals surface area contributed by atoms with Gasteiger partial charge in [0.15, 0.2) is 5.11 Å². The Morgan fingerprint density at radius 1 is 1.04 bits per heavy atom. The Morgan fingerprint density at radius 3 is 2.56 bits per heavy atom. The van der Waals surface area contributed by atoms with Crippen LogP contribution in [0.5, 0.6) is 0 Å². The lowest BCUT2D eigenvalue weighted by Gasteiger charge is -2.14. The van der Waals surface area contributed by atoms with E-state index >= 15 is 0 Å². The Morgan fingerprint density at radius 2 is 1.78 bits per heavy atom. The molecule has 0 unspecified atom stereocenters. The van der Waals surface area contributed by atoms with Crippen molar-refractivity contribution in [3.05, 3.63) is 74.6 Å². The zero-order valence-corrected chi connectivity index (χ0v) is 17.0. The van der Waals surface area contributed by atoms with Gasteiger partial charge in [0.05, 0.1) is 0 Å². The summed E-state index contributed by atoms with van der Waals surface area (Å²) in [5.74, 6) is 0. The fourth-order valence-electron chi connectivity index (χ4n) is 3.07. The van der Waals surface area contributed by atoms with Gasteiger partial charge in [-0.3, -0.25) is 4.79 Å². The van der Waals surface area contributed by atoms with Crippen molar-refractivity contribution in [1.82, 2.24) is 10.3 Å². The topological polar surface area (TPSA) is 56.9 Å². The van der Waals surface area contributed by atoms with Gasteiger partial charge in [-0.2, -0.15) is 0 Å². The number of nitrogens with one attached hydrogen (secondary N) is 3. The van der Waals surface area contributed by atoms with Crippen LogP contribution >= 0.6 is 12.2 Å². The van der Waals surface area contributed by atoms with Gasteiger partial charge >= 0.3 is 0 Å². The first kappa shape index (κ1) is 19.1. The Hall–Kier alpha value is -2.66. The smallest absolute Gasteiger partial charge is 0.251 e. The average Bonchev–Trinajstić information content (AvgIpc) is 2.61. The minimum absolute atomic E-state index is 0.0408. The molecule has 0 atom stereocenters. The van der Waals surface area contributed by atoms with Crippen LogP contribution in [0, 0.1) is 27.7 Å². The molecule has 0 aliphatic heterocycles. The van der Waals surface area contributed by atoms with Crippen molar-refractivity contribution in [2.24, 2.45) is 0 Å². The molecule has 1 heterocycles. The van der Waals surface area contributed by atoms with E-state index in [0.29, 0.717) is 18.1 Å². The summed E-state index contributed by atoms with van der Waals surface area (Å²) in [6.07, 6.45) is 0.604. The van der Waals surface area contributed by atoms with Crippen molar-refractivity contribution in [3.8, 4) is 0 Å². The summed E-state index contributed by atoms with van der Waals surface area (Å²) < 4.78 is 0. The lowest BCUT2D eigenvalue weighted by molar-refractivity contribution is 0.863. The van der Waals surface area contributed by atoms with Crippen molar-refractivity contribution in [3.63, 3.8) is 0 Å². The molecule has 2 aromatic carbocycles. The number of rotatable bonds is 4. The zero-order chi connectivity index (χ0) is 19.6. The third kappa shape index (κ3) is 4.37. The van der Waals surface area contributed by atoms with Gasteiger partial charge in [0.25, 0.3) is 5.56 Å². The summed E-state index contributed by atoms with van der Waals surface area (Å²) in [6, 6.07) is 12.2. The third-order valence-electron chi connectivity index (χ3n) is 5.07. The molecule has 0 radical (unpaired) electrons. The van der Waals surface area contributed by atoms with E-state index in [2.05, 4.69) is 55.4 Å². The molecular weight excluding hydrogens is 354 g/mol. The molecule has 0 saturated heterocycles. The van der Waals surface area contributed by atoms with E-state index in [1.54, 1.807) is 0 Å². The highest BCUT2D eigenvalue weighted by Crippen LogP contribution is 2.18. The number of benzene rings is 2. The van der Waals surface area contributed by atoms with E-state index in [4.69, 9.17) is 12.2 Å². The highest BCUT2D eigenvalue weighted by molar-refractivity contribution is 7.80. The highest BCUT2D eigenvalue weighted by Gasteiger charge is 2.06. The summed E-state index contributed by atoms with van der Waals surface area (Å²) in [5, 5.41) is 8.04. The summed E-state index contributed by atoms with van der Waals surface area (Å²) in [4.78, 5) is 15.3. The Kier molecular flexibility index (Phi) is 5.61. The van der Waals surface area contributed by atoms with Crippen molar-refractivity contribution in [2.45, 2.75) is 34.1 Å². The number of aromatic nitrogens is 1. The minimum Gasteiger partial charge on any atom is -0.362 e. The molecular formula is C22H25N3OS. The van der Waals surface area contributed by atoms with Gasteiger partial charge < -0.3 is 15.6 Å². The lowest BCUT2D eigenvalue weighted by atomic mass is 10.0. The number of H-pyrrole nitrogens is 1. The number of aryl methyl sites for hydroxylation is 3. The van der Waals surface area contributed by atoms with E-state index in [1.165, 1.54) is 22.3 Å². The number of hydrogen-bond acceptors (Lipinski definition) is 2. The predicted molar refractivity (Wildman–Crippen MR) is 118 cm³/mol. The fourth-order valence-corrected chi connectivity index (χ4v) is 3.28. The number of hydrogen-bond donors (Lipinski definition) is 3. The maximum absolute atomic E-state index is 12.3. The van der Waals surface area contributed by atoms with Crippen molar-refractivity contribution in [1.29, 1.82) is 0 Å². The maximum Gasteiger partial charge on any atom is 0.251 e. The molecule has 0 spiro atoms. The van der Waals surface area contributed by atoms with Gasteiger partial charge in [0, 0.05) is 23.3 Å². The monoisotopic (exact) mass is 379 g/mol. The van der Waals surface area contributed by atoms with E-state index in [1.807, 2.05) is 24.3 Å². The van der Waals surface area contributed by atoms with Crippen LogP contribution in [-0.4, -0.2) is 16.6 Å². The second-order valence-electron chi connectivity index (χ2n) is 7.03. The number of pyridine rings is 1. The van der Waals surface area contributed by atoms with E-state index < -0.39 is 0 Å². The molecule has 3 N–H and O–H groups in total. The summed E-state index contributed by atoms with van der Waals surface area (Å²) in [7, 11) is 0. The van der Waals surface area contributed by atoms with Gasteiger partial charge in [0.2, 0.25) is 0 Å². The molecule has 0 aliphatic carbocycles. The van der Waals surface area contributed by atoms with Gasteiger partial charge in [0.1, 0.15) is 0 Å². The lowest BCUT2D eigenvalue weighted by Crippen LogP contribution is -2.31.